The van der Waals surface area contributed by atoms with E-state index in [2.05, 4.69) is 5.32 Å². The predicted molar refractivity (Wildman–Crippen MR) is 114 cm³/mol. The van der Waals surface area contributed by atoms with Crippen LogP contribution in [0.4, 0.5) is 0 Å². The van der Waals surface area contributed by atoms with Crippen molar-refractivity contribution in [2.24, 2.45) is 0 Å². The van der Waals surface area contributed by atoms with Gasteiger partial charge in [0.15, 0.2) is 18.1 Å². The fourth-order valence-corrected chi connectivity index (χ4v) is 4.29. The smallest absolute Gasteiger partial charge is 0.350 e. The minimum atomic E-state index is -0.659. The molecule has 0 aliphatic carbocycles. The number of hydrogen-bond acceptors (Lipinski definition) is 6. The highest BCUT2D eigenvalue weighted by Crippen LogP contribution is 2.37. The first kappa shape index (κ1) is 21.2. The Bertz CT molecular complexity index is 1070. The van der Waals surface area contributed by atoms with Crippen molar-refractivity contribution >= 4 is 56.5 Å². The topological polar surface area (TPSA) is 73.9 Å². The maximum absolute atomic E-state index is 12.3. The highest BCUT2D eigenvalue weighted by molar-refractivity contribution is 7.21. The molecule has 3 aromatic rings. The number of ether oxygens (including phenoxy) is 3. The number of methoxy groups -OCH3 is 2. The van der Waals surface area contributed by atoms with Crippen LogP contribution in [0, 0.1) is 0 Å². The number of fused-ring (bicyclic) bond motifs is 1. The number of benzene rings is 2. The number of esters is 1. The molecule has 0 spiro atoms. The average Bonchev–Trinajstić information content (AvgIpc) is 3.05. The number of carbonyl (C=O) groups is 2. The summed E-state index contributed by atoms with van der Waals surface area (Å²) in [6, 6.07) is 10.5. The molecule has 2 aromatic carbocycles. The van der Waals surface area contributed by atoms with E-state index < -0.39 is 18.5 Å². The molecule has 0 unspecified atom stereocenters. The number of amides is 1. The minimum absolute atomic E-state index is 0.233. The lowest BCUT2D eigenvalue weighted by Gasteiger charge is -2.10. The van der Waals surface area contributed by atoms with Crippen LogP contribution < -0.4 is 14.8 Å². The van der Waals surface area contributed by atoms with E-state index >= 15 is 0 Å². The van der Waals surface area contributed by atoms with Gasteiger partial charge in [-0.3, -0.25) is 4.79 Å². The maximum atomic E-state index is 12.3. The Morgan fingerprint density at radius 2 is 1.79 bits per heavy atom. The summed E-state index contributed by atoms with van der Waals surface area (Å²) in [6.07, 6.45) is 0. The zero-order chi connectivity index (χ0) is 21.0. The van der Waals surface area contributed by atoms with E-state index in [1.165, 1.54) is 18.4 Å². The van der Waals surface area contributed by atoms with E-state index in [0.29, 0.717) is 21.9 Å². The van der Waals surface area contributed by atoms with Crippen LogP contribution in [0.2, 0.25) is 10.0 Å². The van der Waals surface area contributed by atoms with E-state index in [1.54, 1.807) is 43.5 Å². The first-order valence-electron chi connectivity index (χ1n) is 8.45. The molecule has 1 heterocycles. The number of carbonyl (C=O) groups excluding carboxylic acids is 2. The summed E-state index contributed by atoms with van der Waals surface area (Å²) in [6.45, 7) is -0.170. The summed E-state index contributed by atoms with van der Waals surface area (Å²) in [7, 11) is 3.08. The molecule has 0 radical (unpaired) electrons. The Morgan fingerprint density at radius 1 is 1.03 bits per heavy atom. The van der Waals surface area contributed by atoms with Crippen molar-refractivity contribution in [2.45, 2.75) is 6.54 Å². The summed E-state index contributed by atoms with van der Waals surface area (Å²) in [5.41, 5.74) is 0.812. The van der Waals surface area contributed by atoms with E-state index in [9.17, 15) is 9.59 Å². The van der Waals surface area contributed by atoms with Crippen molar-refractivity contribution in [2.75, 3.05) is 20.8 Å². The van der Waals surface area contributed by atoms with Gasteiger partial charge in [0.2, 0.25) is 0 Å². The van der Waals surface area contributed by atoms with Crippen LogP contribution >= 0.6 is 34.5 Å². The van der Waals surface area contributed by atoms with Crippen molar-refractivity contribution < 1.29 is 23.8 Å². The van der Waals surface area contributed by atoms with Crippen LogP contribution in [0.3, 0.4) is 0 Å². The van der Waals surface area contributed by atoms with Gasteiger partial charge in [0.25, 0.3) is 5.91 Å². The van der Waals surface area contributed by atoms with E-state index in [1.807, 2.05) is 0 Å². The highest BCUT2D eigenvalue weighted by atomic mass is 35.5. The van der Waals surface area contributed by atoms with Crippen molar-refractivity contribution in [1.29, 1.82) is 0 Å². The third-order valence-electron chi connectivity index (χ3n) is 4.05. The van der Waals surface area contributed by atoms with Crippen LogP contribution in [0.1, 0.15) is 15.2 Å². The standard InChI is InChI=1S/C20H17Cl2NO5S/c1-26-14-6-3-11(7-15(14)27-2)9-23-17(24)10-28-20(25)19-18(22)13-5-4-12(21)8-16(13)29-19/h3-8H,9-10H2,1-2H3,(H,23,24). The van der Waals surface area contributed by atoms with Crippen LogP contribution in [0.15, 0.2) is 36.4 Å². The molecule has 9 heteroatoms. The second-order valence-corrected chi connectivity index (χ2v) is 7.79. The molecular weight excluding hydrogens is 437 g/mol. The molecule has 0 saturated heterocycles. The molecule has 29 heavy (non-hydrogen) atoms. The lowest BCUT2D eigenvalue weighted by atomic mass is 10.2. The van der Waals surface area contributed by atoms with Gasteiger partial charge in [0.05, 0.1) is 19.2 Å². The predicted octanol–water partition coefficient (Wildman–Crippen LogP) is 4.70. The van der Waals surface area contributed by atoms with Crippen molar-refractivity contribution in [3.8, 4) is 11.5 Å². The summed E-state index contributed by atoms with van der Waals surface area (Å²) in [4.78, 5) is 24.6. The minimum Gasteiger partial charge on any atom is -0.493 e. The van der Waals surface area contributed by atoms with Crippen LogP contribution in [0.25, 0.3) is 10.1 Å². The van der Waals surface area contributed by atoms with Gasteiger partial charge in [-0.05, 0) is 29.8 Å². The van der Waals surface area contributed by atoms with Gasteiger partial charge in [-0.1, -0.05) is 35.3 Å². The average molecular weight is 454 g/mol. The molecule has 1 aromatic heterocycles. The molecule has 0 saturated carbocycles. The summed E-state index contributed by atoms with van der Waals surface area (Å²) in [5.74, 6) is 0.0604. The molecule has 0 fully saturated rings. The lowest BCUT2D eigenvalue weighted by molar-refractivity contribution is -0.124. The van der Waals surface area contributed by atoms with Gasteiger partial charge < -0.3 is 19.5 Å². The lowest BCUT2D eigenvalue weighted by Crippen LogP contribution is -2.28. The van der Waals surface area contributed by atoms with E-state index in [-0.39, 0.29) is 16.4 Å². The summed E-state index contributed by atoms with van der Waals surface area (Å²) in [5, 5.41) is 4.23. The number of hydrogen-bond donors (Lipinski definition) is 1. The zero-order valence-electron chi connectivity index (χ0n) is 15.6. The summed E-state index contributed by atoms with van der Waals surface area (Å²) < 4.78 is 16.3. The normalized spacial score (nSPS) is 10.6. The third kappa shape index (κ3) is 4.93. The van der Waals surface area contributed by atoms with Crippen molar-refractivity contribution in [1.82, 2.24) is 5.32 Å². The Hall–Kier alpha value is -2.48. The second kappa shape index (κ2) is 9.35. The van der Waals surface area contributed by atoms with E-state index in [4.69, 9.17) is 37.4 Å². The van der Waals surface area contributed by atoms with Crippen LogP contribution in [-0.2, 0) is 16.1 Å². The van der Waals surface area contributed by atoms with Crippen molar-refractivity contribution in [3.05, 3.63) is 56.9 Å². The van der Waals surface area contributed by atoms with Gasteiger partial charge in [0.1, 0.15) is 4.88 Å². The number of halogens is 2. The molecule has 1 N–H and O–H groups in total. The molecule has 0 aliphatic heterocycles. The molecule has 3 rings (SSSR count). The number of thiophene rings is 1. The fraction of sp³-hybridized carbons (Fsp3) is 0.200. The first-order valence-corrected chi connectivity index (χ1v) is 10.0. The van der Waals surface area contributed by atoms with Gasteiger partial charge >= 0.3 is 5.97 Å². The second-order valence-electron chi connectivity index (χ2n) is 5.93. The zero-order valence-corrected chi connectivity index (χ0v) is 17.9. The first-order chi connectivity index (χ1) is 13.9. The molecule has 0 atom stereocenters. The highest BCUT2D eigenvalue weighted by Gasteiger charge is 2.19. The molecule has 6 nitrogen and oxygen atoms in total. The van der Waals surface area contributed by atoms with Gasteiger partial charge in [-0.25, -0.2) is 4.79 Å². The van der Waals surface area contributed by atoms with E-state index in [0.717, 1.165) is 10.3 Å². The maximum Gasteiger partial charge on any atom is 0.350 e. The Morgan fingerprint density at radius 3 is 2.52 bits per heavy atom. The largest absolute Gasteiger partial charge is 0.493 e. The molecular formula is C20H17Cl2NO5S. The Balaban J connectivity index is 1.57. The molecule has 152 valence electrons. The molecule has 0 aliphatic rings. The number of nitrogens with one attached hydrogen (secondary N) is 1. The Labute approximate surface area is 181 Å². The monoisotopic (exact) mass is 453 g/mol. The van der Waals surface area contributed by atoms with Gasteiger partial charge in [-0.15, -0.1) is 11.3 Å². The van der Waals surface area contributed by atoms with Crippen LogP contribution in [0.5, 0.6) is 11.5 Å². The van der Waals surface area contributed by atoms with Crippen LogP contribution in [-0.4, -0.2) is 32.7 Å². The third-order valence-corrected chi connectivity index (χ3v) is 5.92. The Kier molecular flexibility index (Phi) is 6.84. The molecule has 0 bridgehead atoms. The SMILES string of the molecule is COc1ccc(CNC(=O)COC(=O)c2sc3cc(Cl)ccc3c2Cl)cc1OC. The number of rotatable bonds is 7. The van der Waals surface area contributed by atoms with Gasteiger partial charge in [-0.2, -0.15) is 0 Å². The van der Waals surface area contributed by atoms with Gasteiger partial charge in [0, 0.05) is 21.7 Å². The quantitative estimate of drug-likeness (QED) is 0.524. The summed E-state index contributed by atoms with van der Waals surface area (Å²) >= 11 is 13.4. The fourth-order valence-electron chi connectivity index (χ4n) is 2.61. The van der Waals surface area contributed by atoms with Crippen molar-refractivity contribution in [3.63, 3.8) is 0 Å². The molecule has 1 amide bonds.